The van der Waals surface area contributed by atoms with Crippen LogP contribution in [0.15, 0.2) is 35.3 Å². The van der Waals surface area contributed by atoms with Gasteiger partial charge in [-0.05, 0) is 49.2 Å². The molecule has 2 aliphatic rings. The van der Waals surface area contributed by atoms with E-state index in [1.807, 2.05) is 7.05 Å². The molecule has 4 heteroatoms. The van der Waals surface area contributed by atoms with Gasteiger partial charge in [0.05, 0.1) is 0 Å². The van der Waals surface area contributed by atoms with Crippen molar-refractivity contribution in [2.45, 2.75) is 32.6 Å². The first-order valence-electron chi connectivity index (χ1n) is 9.94. The summed E-state index contributed by atoms with van der Waals surface area (Å²) >= 11 is 0. The predicted molar refractivity (Wildman–Crippen MR) is 106 cm³/mol. The van der Waals surface area contributed by atoms with Crippen molar-refractivity contribution in [2.75, 3.05) is 46.3 Å². The van der Waals surface area contributed by atoms with Crippen LogP contribution in [0.3, 0.4) is 0 Å². The number of nitrogens with zero attached hydrogens (tertiary/aromatic N) is 3. The quantitative estimate of drug-likeness (QED) is 0.674. The number of rotatable bonds is 4. The predicted octanol–water partition coefficient (Wildman–Crippen LogP) is 3.03. The van der Waals surface area contributed by atoms with Crippen molar-refractivity contribution in [1.29, 1.82) is 0 Å². The summed E-state index contributed by atoms with van der Waals surface area (Å²) in [5.41, 5.74) is 1.49. The van der Waals surface area contributed by atoms with Gasteiger partial charge in [-0.25, -0.2) is 0 Å². The van der Waals surface area contributed by atoms with Crippen molar-refractivity contribution in [3.63, 3.8) is 0 Å². The van der Waals surface area contributed by atoms with Gasteiger partial charge < -0.3 is 15.1 Å². The van der Waals surface area contributed by atoms with Crippen molar-refractivity contribution in [1.82, 2.24) is 15.1 Å². The molecule has 1 N–H and O–H groups in total. The lowest BCUT2D eigenvalue weighted by Crippen LogP contribution is -2.49. The third-order valence-electron chi connectivity index (χ3n) is 6.01. The van der Waals surface area contributed by atoms with Gasteiger partial charge >= 0.3 is 0 Å². The van der Waals surface area contributed by atoms with Crippen LogP contribution in [0.5, 0.6) is 0 Å². The molecular weight excluding hydrogens is 308 g/mol. The molecule has 0 bridgehead atoms. The van der Waals surface area contributed by atoms with Crippen molar-refractivity contribution in [3.05, 3.63) is 35.9 Å². The number of guanidine groups is 1. The highest BCUT2D eigenvalue weighted by Gasteiger charge is 2.29. The number of aliphatic imine (C=N–C) groups is 1. The first-order chi connectivity index (χ1) is 12.2. The zero-order chi connectivity index (χ0) is 17.6. The number of nitrogens with one attached hydrogen (secondary N) is 1. The van der Waals surface area contributed by atoms with E-state index in [2.05, 4.69) is 64.3 Å². The van der Waals surface area contributed by atoms with E-state index in [0.29, 0.717) is 11.8 Å². The molecule has 0 amide bonds. The average molecular weight is 343 g/mol. The maximum Gasteiger partial charge on any atom is 0.193 e. The van der Waals surface area contributed by atoms with E-state index >= 15 is 0 Å². The largest absolute Gasteiger partial charge is 0.356 e. The molecule has 2 heterocycles. The summed E-state index contributed by atoms with van der Waals surface area (Å²) in [7, 11) is 1.92. The molecule has 3 unspecified atom stereocenters. The van der Waals surface area contributed by atoms with Crippen LogP contribution in [-0.4, -0.2) is 62.1 Å². The first-order valence-corrected chi connectivity index (χ1v) is 9.94. The summed E-state index contributed by atoms with van der Waals surface area (Å²) in [6, 6.07) is 11.0. The number of hydrogen-bond donors (Lipinski definition) is 1. The molecule has 4 nitrogen and oxygen atoms in total. The van der Waals surface area contributed by atoms with Crippen LogP contribution >= 0.6 is 0 Å². The molecule has 1 aromatic carbocycles. The second-order valence-electron chi connectivity index (χ2n) is 7.71. The third kappa shape index (κ3) is 4.55. The van der Waals surface area contributed by atoms with E-state index in [4.69, 9.17) is 0 Å². The average Bonchev–Trinajstić information content (AvgIpc) is 3.11. The molecule has 1 aromatic rings. The fourth-order valence-corrected chi connectivity index (χ4v) is 4.47. The van der Waals surface area contributed by atoms with Gasteiger partial charge in [-0.2, -0.15) is 0 Å². The Labute approximate surface area is 153 Å². The van der Waals surface area contributed by atoms with E-state index in [1.54, 1.807) is 0 Å². The first kappa shape index (κ1) is 18.2. The van der Waals surface area contributed by atoms with E-state index in [0.717, 1.165) is 31.5 Å². The van der Waals surface area contributed by atoms with Crippen molar-refractivity contribution < 1.29 is 0 Å². The molecule has 0 aliphatic carbocycles. The van der Waals surface area contributed by atoms with Gasteiger partial charge in [-0.1, -0.05) is 44.2 Å². The minimum atomic E-state index is 0.650. The number of likely N-dealkylation sites (tertiary alicyclic amines) is 2. The highest BCUT2D eigenvalue weighted by molar-refractivity contribution is 5.80. The molecule has 0 saturated carbocycles. The highest BCUT2D eigenvalue weighted by Crippen LogP contribution is 2.32. The monoisotopic (exact) mass is 342 g/mol. The summed E-state index contributed by atoms with van der Waals surface area (Å²) < 4.78 is 0. The summed E-state index contributed by atoms with van der Waals surface area (Å²) in [5.74, 6) is 3.17. The Morgan fingerprint density at radius 3 is 2.60 bits per heavy atom. The maximum absolute atomic E-state index is 4.56. The van der Waals surface area contributed by atoms with E-state index in [1.165, 1.54) is 38.0 Å². The molecule has 2 aliphatic heterocycles. The SMILES string of the molecule is CCN1CCC(CNC(=NC)N2CCC(c3ccccc3)C(C)C2)C1. The van der Waals surface area contributed by atoms with Crippen LogP contribution in [-0.2, 0) is 0 Å². The van der Waals surface area contributed by atoms with Gasteiger partial charge in [0, 0.05) is 33.2 Å². The van der Waals surface area contributed by atoms with Gasteiger partial charge in [0.1, 0.15) is 0 Å². The molecule has 2 saturated heterocycles. The summed E-state index contributed by atoms with van der Waals surface area (Å²) in [5, 5.41) is 3.65. The normalized spacial score (nSPS) is 28.4. The van der Waals surface area contributed by atoms with E-state index in [9.17, 15) is 0 Å². The van der Waals surface area contributed by atoms with Crippen LogP contribution in [0, 0.1) is 11.8 Å². The van der Waals surface area contributed by atoms with E-state index in [-0.39, 0.29) is 0 Å². The highest BCUT2D eigenvalue weighted by atomic mass is 15.3. The number of piperidine rings is 1. The minimum absolute atomic E-state index is 0.650. The van der Waals surface area contributed by atoms with Gasteiger partial charge in [0.25, 0.3) is 0 Å². The molecule has 0 aromatic heterocycles. The molecule has 2 fully saturated rings. The molecule has 3 rings (SSSR count). The lowest BCUT2D eigenvalue weighted by Gasteiger charge is -2.39. The topological polar surface area (TPSA) is 30.9 Å². The van der Waals surface area contributed by atoms with Crippen molar-refractivity contribution in [2.24, 2.45) is 16.8 Å². The molecule has 0 spiro atoms. The maximum atomic E-state index is 4.56. The molecule has 3 atom stereocenters. The second-order valence-corrected chi connectivity index (χ2v) is 7.71. The Morgan fingerprint density at radius 1 is 1.16 bits per heavy atom. The summed E-state index contributed by atoms with van der Waals surface area (Å²) in [4.78, 5) is 9.56. The lowest BCUT2D eigenvalue weighted by molar-refractivity contribution is 0.233. The Balaban J connectivity index is 1.51. The summed E-state index contributed by atoms with van der Waals surface area (Å²) in [6.45, 7) is 11.5. The Bertz CT molecular complexity index is 556. The number of hydrogen-bond acceptors (Lipinski definition) is 2. The van der Waals surface area contributed by atoms with Crippen LogP contribution in [0.25, 0.3) is 0 Å². The van der Waals surface area contributed by atoms with Gasteiger partial charge in [-0.15, -0.1) is 0 Å². The molecular formula is C21H34N4. The van der Waals surface area contributed by atoms with Crippen LogP contribution < -0.4 is 5.32 Å². The molecule has 25 heavy (non-hydrogen) atoms. The van der Waals surface area contributed by atoms with Crippen LogP contribution in [0.2, 0.25) is 0 Å². The second kappa shape index (κ2) is 8.70. The number of benzene rings is 1. The van der Waals surface area contributed by atoms with Crippen LogP contribution in [0.1, 0.15) is 38.2 Å². The smallest absolute Gasteiger partial charge is 0.193 e. The standard InChI is InChI=1S/C21H34N4/c1-4-24-12-10-18(16-24)14-23-21(22-3)25-13-11-20(17(2)15-25)19-8-6-5-7-9-19/h5-9,17-18,20H,4,10-16H2,1-3H3,(H,22,23). The van der Waals surface area contributed by atoms with Gasteiger partial charge in [0.15, 0.2) is 5.96 Å². The van der Waals surface area contributed by atoms with Gasteiger partial charge in [-0.3, -0.25) is 4.99 Å². The lowest BCUT2D eigenvalue weighted by atomic mass is 9.82. The van der Waals surface area contributed by atoms with Crippen molar-refractivity contribution >= 4 is 5.96 Å². The Morgan fingerprint density at radius 2 is 1.96 bits per heavy atom. The minimum Gasteiger partial charge on any atom is -0.356 e. The van der Waals surface area contributed by atoms with Crippen LogP contribution in [0.4, 0.5) is 0 Å². The zero-order valence-electron chi connectivity index (χ0n) is 16.1. The fraction of sp³-hybridized carbons (Fsp3) is 0.667. The van der Waals surface area contributed by atoms with Crippen molar-refractivity contribution in [3.8, 4) is 0 Å². The zero-order valence-corrected chi connectivity index (χ0v) is 16.1. The molecule has 138 valence electrons. The Hall–Kier alpha value is -1.55. The van der Waals surface area contributed by atoms with Gasteiger partial charge in [0.2, 0.25) is 0 Å². The summed E-state index contributed by atoms with van der Waals surface area (Å²) in [6.07, 6.45) is 2.52. The Kier molecular flexibility index (Phi) is 6.35. The van der Waals surface area contributed by atoms with E-state index < -0.39 is 0 Å². The molecule has 0 radical (unpaired) electrons. The third-order valence-corrected chi connectivity index (χ3v) is 6.01. The fourth-order valence-electron chi connectivity index (χ4n) is 4.47.